The van der Waals surface area contributed by atoms with E-state index >= 15 is 0 Å². The molecule has 0 aliphatic heterocycles. The maximum atomic E-state index is 12.9. The molecule has 0 saturated heterocycles. The van der Waals surface area contributed by atoms with Gasteiger partial charge in [-0.2, -0.15) is 0 Å². The molecule has 9 heteroatoms. The lowest BCUT2D eigenvalue weighted by Gasteiger charge is -2.21. The van der Waals surface area contributed by atoms with Crippen LogP contribution in [0.1, 0.15) is 31.7 Å². The first-order valence-corrected chi connectivity index (χ1v) is 9.61. The SMILES string of the molecule is CCCC[C@H](NC(=O)C(Cc1ccccc1)C(=O)Nc1cccc[n+]1[O-])B(O)O. The molecule has 29 heavy (non-hydrogen) atoms. The molecule has 0 spiro atoms. The molecule has 0 fully saturated rings. The third-order valence-electron chi connectivity index (χ3n) is 4.55. The highest BCUT2D eigenvalue weighted by Crippen LogP contribution is 2.13. The van der Waals surface area contributed by atoms with E-state index in [1.807, 2.05) is 13.0 Å². The Morgan fingerprint density at radius 2 is 1.79 bits per heavy atom. The zero-order valence-electron chi connectivity index (χ0n) is 16.3. The lowest BCUT2D eigenvalue weighted by molar-refractivity contribution is -0.590. The van der Waals surface area contributed by atoms with Gasteiger partial charge < -0.3 is 20.6 Å². The molecule has 2 aromatic rings. The number of hydrogen-bond donors (Lipinski definition) is 4. The van der Waals surface area contributed by atoms with Gasteiger partial charge in [0, 0.05) is 6.07 Å². The fourth-order valence-electron chi connectivity index (χ4n) is 2.90. The number of nitrogens with zero attached hydrogens (tertiary/aromatic N) is 1. The number of unbranched alkanes of at least 4 members (excludes halogenated alkanes) is 1. The third-order valence-corrected chi connectivity index (χ3v) is 4.55. The maximum Gasteiger partial charge on any atom is 0.475 e. The van der Waals surface area contributed by atoms with E-state index in [-0.39, 0.29) is 12.2 Å². The molecule has 1 unspecified atom stereocenters. The van der Waals surface area contributed by atoms with E-state index in [1.165, 1.54) is 18.3 Å². The Labute approximate surface area is 170 Å². The maximum absolute atomic E-state index is 12.9. The Bertz CT molecular complexity index is 804. The molecule has 4 N–H and O–H groups in total. The lowest BCUT2D eigenvalue weighted by Crippen LogP contribution is -2.51. The first-order chi connectivity index (χ1) is 13.9. The Balaban J connectivity index is 2.20. The molecular formula is C20H26BN3O5. The van der Waals surface area contributed by atoms with Gasteiger partial charge in [-0.25, -0.2) is 14.8 Å². The minimum atomic E-state index is -1.73. The molecule has 2 rings (SSSR count). The minimum Gasteiger partial charge on any atom is -0.711 e. The summed E-state index contributed by atoms with van der Waals surface area (Å²) in [6, 6.07) is 13.6. The molecule has 0 aliphatic rings. The van der Waals surface area contributed by atoms with Crippen molar-refractivity contribution in [3.05, 3.63) is 65.5 Å². The zero-order valence-corrected chi connectivity index (χ0v) is 16.3. The zero-order chi connectivity index (χ0) is 21.2. The number of pyridine rings is 1. The second kappa shape index (κ2) is 11.2. The summed E-state index contributed by atoms with van der Waals surface area (Å²) in [6.45, 7) is 1.95. The van der Waals surface area contributed by atoms with Crippen molar-refractivity contribution in [1.82, 2.24) is 5.32 Å². The molecule has 154 valence electrons. The van der Waals surface area contributed by atoms with Gasteiger partial charge >= 0.3 is 13.0 Å². The summed E-state index contributed by atoms with van der Waals surface area (Å²) < 4.78 is 0.497. The van der Waals surface area contributed by atoms with Crippen LogP contribution in [0, 0.1) is 11.1 Å². The predicted molar refractivity (Wildman–Crippen MR) is 109 cm³/mol. The number of anilines is 1. The van der Waals surface area contributed by atoms with E-state index in [2.05, 4.69) is 10.6 Å². The Kier molecular flexibility index (Phi) is 8.63. The number of rotatable bonds is 10. The number of carbonyl (C=O) groups is 2. The fraction of sp³-hybridized carbons (Fsp3) is 0.350. The monoisotopic (exact) mass is 399 g/mol. The molecule has 1 aromatic carbocycles. The van der Waals surface area contributed by atoms with Gasteiger partial charge in [-0.3, -0.25) is 4.79 Å². The molecule has 1 aromatic heterocycles. The number of hydrogen-bond acceptors (Lipinski definition) is 5. The second-order valence-corrected chi connectivity index (χ2v) is 6.81. The summed E-state index contributed by atoms with van der Waals surface area (Å²) in [6.07, 6.45) is 3.23. The third kappa shape index (κ3) is 6.88. The molecule has 0 radical (unpaired) electrons. The van der Waals surface area contributed by atoms with E-state index in [0.717, 1.165) is 12.0 Å². The van der Waals surface area contributed by atoms with Crippen molar-refractivity contribution in [1.29, 1.82) is 0 Å². The Morgan fingerprint density at radius 3 is 2.41 bits per heavy atom. The molecule has 2 amide bonds. The van der Waals surface area contributed by atoms with Crippen LogP contribution in [-0.2, 0) is 16.0 Å². The summed E-state index contributed by atoms with van der Waals surface area (Å²) in [5, 5.41) is 36.0. The van der Waals surface area contributed by atoms with Crippen LogP contribution in [-0.4, -0.2) is 34.9 Å². The van der Waals surface area contributed by atoms with Crippen molar-refractivity contribution in [2.24, 2.45) is 5.92 Å². The second-order valence-electron chi connectivity index (χ2n) is 6.81. The van der Waals surface area contributed by atoms with Gasteiger partial charge in [0.1, 0.15) is 5.92 Å². The largest absolute Gasteiger partial charge is 0.711 e. The smallest absolute Gasteiger partial charge is 0.475 e. The Morgan fingerprint density at radius 1 is 1.10 bits per heavy atom. The highest BCUT2D eigenvalue weighted by Gasteiger charge is 2.34. The summed E-state index contributed by atoms with van der Waals surface area (Å²) in [5.74, 6) is -3.30. The van der Waals surface area contributed by atoms with Crippen molar-refractivity contribution in [2.45, 2.75) is 38.5 Å². The van der Waals surface area contributed by atoms with Gasteiger partial charge in [0.05, 0.1) is 12.1 Å². The highest BCUT2D eigenvalue weighted by atomic mass is 16.5. The van der Waals surface area contributed by atoms with Crippen molar-refractivity contribution in [3.8, 4) is 0 Å². The molecule has 0 aliphatic carbocycles. The minimum absolute atomic E-state index is 0.00749. The van der Waals surface area contributed by atoms with Crippen LogP contribution in [0.15, 0.2) is 54.7 Å². The van der Waals surface area contributed by atoms with E-state index in [9.17, 15) is 24.8 Å². The van der Waals surface area contributed by atoms with E-state index in [4.69, 9.17) is 0 Å². The molecule has 0 saturated carbocycles. The lowest BCUT2D eigenvalue weighted by atomic mass is 9.76. The van der Waals surface area contributed by atoms with Gasteiger partial charge in [-0.05, 0) is 24.5 Å². The number of amides is 2. The van der Waals surface area contributed by atoms with E-state index in [0.29, 0.717) is 17.6 Å². The quantitative estimate of drug-likeness (QED) is 0.204. The topological polar surface area (TPSA) is 126 Å². The van der Waals surface area contributed by atoms with E-state index < -0.39 is 30.8 Å². The predicted octanol–water partition coefficient (Wildman–Crippen LogP) is 0.804. The number of benzene rings is 1. The average Bonchev–Trinajstić information content (AvgIpc) is 2.71. The van der Waals surface area contributed by atoms with Gasteiger partial charge in [0.15, 0.2) is 0 Å². The summed E-state index contributed by atoms with van der Waals surface area (Å²) in [5.41, 5.74) is 0.764. The normalized spacial score (nSPS) is 12.7. The van der Waals surface area contributed by atoms with Crippen molar-refractivity contribution in [3.63, 3.8) is 0 Å². The molecule has 0 bridgehead atoms. The summed E-state index contributed by atoms with van der Waals surface area (Å²) in [7, 11) is -1.73. The summed E-state index contributed by atoms with van der Waals surface area (Å²) in [4.78, 5) is 25.7. The van der Waals surface area contributed by atoms with Gasteiger partial charge in [-0.15, -0.1) is 0 Å². The van der Waals surface area contributed by atoms with Crippen LogP contribution >= 0.6 is 0 Å². The average molecular weight is 399 g/mol. The molecule has 2 atom stereocenters. The van der Waals surface area contributed by atoms with E-state index in [1.54, 1.807) is 30.3 Å². The van der Waals surface area contributed by atoms with Gasteiger partial charge in [-0.1, -0.05) is 56.2 Å². The standard InChI is InChI=1S/C20H26BN3O5/c1-2-3-11-17(21(27)28)22-19(25)16(14-15-9-5-4-6-10-15)20(26)23-18-12-7-8-13-24(18)29/h4-10,12-13,16-17,27-28H,2-3,11,14H2,1H3,(H,22,25)(H,23,26)/t16?,17-/m0/s1. The first-order valence-electron chi connectivity index (χ1n) is 9.61. The number of aromatic nitrogens is 1. The first kappa shape index (κ1) is 22.4. The van der Waals surface area contributed by atoms with Crippen LogP contribution in [0.25, 0.3) is 0 Å². The van der Waals surface area contributed by atoms with Gasteiger partial charge in [0.25, 0.3) is 5.82 Å². The van der Waals surface area contributed by atoms with Crippen LogP contribution in [0.5, 0.6) is 0 Å². The highest BCUT2D eigenvalue weighted by molar-refractivity contribution is 6.43. The van der Waals surface area contributed by atoms with Crippen LogP contribution in [0.3, 0.4) is 0 Å². The molecular weight excluding hydrogens is 373 g/mol. The van der Waals surface area contributed by atoms with Crippen LogP contribution in [0.2, 0.25) is 0 Å². The Hall–Kier alpha value is -2.91. The van der Waals surface area contributed by atoms with Crippen molar-refractivity contribution in [2.75, 3.05) is 5.32 Å². The summed E-state index contributed by atoms with van der Waals surface area (Å²) >= 11 is 0. The van der Waals surface area contributed by atoms with Crippen LogP contribution in [0.4, 0.5) is 5.82 Å². The molecule has 8 nitrogen and oxygen atoms in total. The number of carbonyl (C=O) groups excluding carboxylic acids is 2. The van der Waals surface area contributed by atoms with Crippen molar-refractivity contribution >= 4 is 24.8 Å². The van der Waals surface area contributed by atoms with Gasteiger partial charge in [0.2, 0.25) is 5.91 Å². The number of nitrogens with one attached hydrogen (secondary N) is 2. The molecule has 1 heterocycles. The fourth-order valence-corrected chi connectivity index (χ4v) is 2.90. The van der Waals surface area contributed by atoms with Crippen LogP contribution < -0.4 is 15.4 Å². The van der Waals surface area contributed by atoms with Crippen molar-refractivity contribution < 1.29 is 24.4 Å².